The van der Waals surface area contributed by atoms with E-state index >= 15 is 0 Å². The van der Waals surface area contributed by atoms with Crippen molar-refractivity contribution in [2.75, 3.05) is 26.4 Å². The third-order valence-electron chi connectivity index (χ3n) is 11.5. The number of carbonyl (C=O) groups excluding carboxylic acids is 8. The molecular weight excluding hydrogens is 975 g/mol. The van der Waals surface area contributed by atoms with Gasteiger partial charge < -0.3 is 89.1 Å². The van der Waals surface area contributed by atoms with E-state index in [1.165, 1.54) is 60.7 Å². The highest BCUT2D eigenvalue weighted by Gasteiger charge is 2.35. The van der Waals surface area contributed by atoms with Gasteiger partial charge in [-0.3, -0.25) is 38.4 Å². The van der Waals surface area contributed by atoms with Crippen molar-refractivity contribution in [3.8, 4) is 17.2 Å². The summed E-state index contributed by atoms with van der Waals surface area (Å²) in [6.07, 6.45) is -1.77. The topological polar surface area (TPSA) is 438 Å². The molecule has 404 valence electrons. The molecule has 26 nitrogen and oxygen atoms in total. The Morgan fingerprint density at radius 3 is 1.30 bits per heavy atom. The van der Waals surface area contributed by atoms with Crippen LogP contribution >= 0.6 is 0 Å². The zero-order valence-corrected chi connectivity index (χ0v) is 40.7. The van der Waals surface area contributed by atoms with Crippen molar-refractivity contribution in [3.63, 3.8) is 0 Å². The van der Waals surface area contributed by atoms with E-state index in [2.05, 4.69) is 42.5 Å². The highest BCUT2D eigenvalue weighted by Crippen LogP contribution is 2.15. The number of carbonyl (C=O) groups is 9. The second kappa shape index (κ2) is 29.6. The van der Waals surface area contributed by atoms with Crippen molar-refractivity contribution in [1.82, 2.24) is 42.5 Å². The number of benzene rings is 3. The number of aliphatic carboxylic acids is 1. The Balaban J connectivity index is 1.66. The molecule has 0 saturated heterocycles. The Morgan fingerprint density at radius 1 is 0.473 bits per heavy atom. The van der Waals surface area contributed by atoms with E-state index in [1.54, 1.807) is 26.0 Å². The molecule has 0 bridgehead atoms. The maximum Gasteiger partial charge on any atom is 0.326 e. The van der Waals surface area contributed by atoms with Crippen LogP contribution in [0.4, 0.5) is 0 Å². The number of hydrogen-bond acceptors (Lipinski definition) is 17. The molecule has 3 rings (SSSR count). The number of nitrogens with two attached hydrogens (primary N) is 1. The predicted octanol–water partition coefficient (Wildman–Crippen LogP) is -4.84. The van der Waals surface area contributed by atoms with E-state index in [4.69, 9.17) is 5.73 Å². The molecule has 0 aliphatic heterocycles. The van der Waals surface area contributed by atoms with Crippen LogP contribution < -0.4 is 48.3 Å². The number of aliphatic hydroxyl groups is 4. The van der Waals surface area contributed by atoms with Crippen LogP contribution in [-0.4, -0.2) is 175 Å². The van der Waals surface area contributed by atoms with E-state index in [0.717, 1.165) is 6.92 Å². The lowest BCUT2D eigenvalue weighted by molar-refractivity contribution is -0.143. The Morgan fingerprint density at radius 2 is 0.838 bits per heavy atom. The average Bonchev–Trinajstić information content (AvgIpc) is 3.37. The van der Waals surface area contributed by atoms with Gasteiger partial charge in [-0.1, -0.05) is 56.7 Å². The van der Waals surface area contributed by atoms with E-state index in [9.17, 15) is 84.0 Å². The number of hydrogen-bond donors (Lipinski definition) is 17. The third-order valence-corrected chi connectivity index (χ3v) is 11.5. The van der Waals surface area contributed by atoms with E-state index in [-0.39, 0.29) is 36.5 Å². The number of aromatic hydroxyl groups is 3. The Hall–Kier alpha value is -7.91. The molecule has 0 aliphatic carbocycles. The molecular formula is C48H65N9O17. The van der Waals surface area contributed by atoms with Gasteiger partial charge in [0.2, 0.25) is 47.3 Å². The van der Waals surface area contributed by atoms with E-state index in [0.29, 0.717) is 23.1 Å². The number of phenols is 3. The van der Waals surface area contributed by atoms with Gasteiger partial charge in [0.25, 0.3) is 0 Å². The summed E-state index contributed by atoms with van der Waals surface area (Å²) in [4.78, 5) is 118. The summed E-state index contributed by atoms with van der Waals surface area (Å²) in [6.45, 7) is 0.420. The van der Waals surface area contributed by atoms with Crippen molar-refractivity contribution >= 4 is 53.2 Å². The average molecular weight is 1040 g/mol. The van der Waals surface area contributed by atoms with Crippen molar-refractivity contribution in [2.24, 2.45) is 11.7 Å². The Kier molecular flexibility index (Phi) is 24.1. The van der Waals surface area contributed by atoms with Crippen molar-refractivity contribution < 1.29 is 84.0 Å². The van der Waals surface area contributed by atoms with Gasteiger partial charge in [0.1, 0.15) is 59.5 Å². The summed E-state index contributed by atoms with van der Waals surface area (Å²) in [5.41, 5.74) is 7.51. The van der Waals surface area contributed by atoms with Gasteiger partial charge in [-0.15, -0.1) is 0 Å². The van der Waals surface area contributed by atoms with Gasteiger partial charge in [0, 0.05) is 12.8 Å². The minimum absolute atomic E-state index is 0.00798. The molecule has 18 N–H and O–H groups in total. The molecule has 0 radical (unpaired) electrons. The normalized spacial score (nSPS) is 15.1. The molecule has 3 aromatic rings. The van der Waals surface area contributed by atoms with Gasteiger partial charge in [0.05, 0.1) is 38.5 Å². The van der Waals surface area contributed by atoms with Crippen LogP contribution in [0, 0.1) is 5.92 Å². The first-order valence-corrected chi connectivity index (χ1v) is 23.2. The number of aliphatic hydroxyl groups excluding tert-OH is 4. The zero-order valence-electron chi connectivity index (χ0n) is 40.7. The number of nitrogens with one attached hydrogen (secondary N) is 8. The molecule has 26 heteroatoms. The lowest BCUT2D eigenvalue weighted by atomic mass is 9.97. The lowest BCUT2D eigenvalue weighted by Gasteiger charge is -2.28. The van der Waals surface area contributed by atoms with Crippen LogP contribution in [0.1, 0.15) is 43.9 Å². The van der Waals surface area contributed by atoms with Crippen molar-refractivity contribution in [1.29, 1.82) is 0 Å². The fraction of sp³-hybridized carbons (Fsp3) is 0.438. The molecule has 0 fully saturated rings. The molecule has 0 saturated carbocycles. The van der Waals surface area contributed by atoms with Gasteiger partial charge in [-0.25, -0.2) is 4.79 Å². The Bertz CT molecular complexity index is 2390. The number of carboxylic acid groups (broad SMARTS) is 1. The molecule has 0 spiro atoms. The third kappa shape index (κ3) is 19.3. The second-order valence-corrected chi connectivity index (χ2v) is 17.3. The first-order chi connectivity index (χ1) is 35.0. The Labute approximate surface area is 424 Å². The maximum atomic E-state index is 13.8. The number of carboxylic acids is 1. The van der Waals surface area contributed by atoms with E-state index in [1.807, 2.05) is 0 Å². The summed E-state index contributed by atoms with van der Waals surface area (Å²) < 4.78 is 0. The molecule has 0 aliphatic rings. The lowest BCUT2D eigenvalue weighted by Crippen LogP contribution is -2.61. The fourth-order valence-corrected chi connectivity index (χ4v) is 6.93. The quantitative estimate of drug-likeness (QED) is 0.0310. The predicted molar refractivity (Wildman–Crippen MR) is 260 cm³/mol. The molecule has 3 aromatic carbocycles. The summed E-state index contributed by atoms with van der Waals surface area (Å²) in [6, 6.07) is 4.15. The SMILES string of the molecule is CC[C@H](C)[C@H](NC(=O)[C@@H](N)Cc1ccc(O)cc1)C(=O)N[C@@H](CO)C(=O)N[C@@H](Cc1ccc(O)cc1)C(=O)N[C@@H](CO)C(=O)NCC(=O)N[C@@H](CO)C(=O)N[C@H](C(=O)N[C@@H](Cc1ccc(O)cc1)C(=O)O)[C@@H](C)O. The molecule has 74 heavy (non-hydrogen) atoms. The highest BCUT2D eigenvalue weighted by molar-refractivity contribution is 5.97. The monoisotopic (exact) mass is 1040 g/mol. The van der Waals surface area contributed by atoms with Crippen LogP contribution in [0.3, 0.4) is 0 Å². The number of rotatable bonds is 29. The smallest absolute Gasteiger partial charge is 0.326 e. The second-order valence-electron chi connectivity index (χ2n) is 17.3. The van der Waals surface area contributed by atoms with Crippen LogP contribution in [0.2, 0.25) is 0 Å². The molecule has 0 aromatic heterocycles. The molecule has 10 atom stereocenters. The summed E-state index contributed by atoms with van der Waals surface area (Å²) >= 11 is 0. The summed E-state index contributed by atoms with van der Waals surface area (Å²) in [7, 11) is 0. The number of phenolic OH excluding ortho intramolecular Hbond substituents is 3. The van der Waals surface area contributed by atoms with Crippen LogP contribution in [0.25, 0.3) is 0 Å². The van der Waals surface area contributed by atoms with Gasteiger partial charge >= 0.3 is 5.97 Å². The van der Waals surface area contributed by atoms with Gasteiger partial charge in [0.15, 0.2) is 0 Å². The molecule has 8 amide bonds. The minimum Gasteiger partial charge on any atom is -0.508 e. The van der Waals surface area contributed by atoms with E-state index < -0.39 is 140 Å². The van der Waals surface area contributed by atoms with Crippen molar-refractivity contribution in [3.05, 3.63) is 89.5 Å². The summed E-state index contributed by atoms with van der Waals surface area (Å²) in [5.74, 6) is -10.6. The minimum atomic E-state index is -1.80. The summed E-state index contributed by atoms with van der Waals surface area (Å²) in [5, 5.41) is 97.3. The maximum absolute atomic E-state index is 13.8. The molecule has 0 heterocycles. The van der Waals surface area contributed by atoms with Crippen LogP contribution in [0.15, 0.2) is 72.8 Å². The standard InChI is InChI=1S/C48H65N9O17/c1-4-24(2)39(56-41(66)32(49)17-26-5-11-29(62)12-6-26)46(71)55-37(23-60)44(69)52-33(18-27-7-13-30(63)14-8-27)43(68)54-35(21-58)42(67)50-20-38(65)51-36(22-59)45(70)57-40(25(3)61)47(72)53-34(48(73)74)19-28-9-15-31(64)16-10-28/h5-16,24-25,32-37,39-40,58-64H,4,17-23,49H2,1-3H3,(H,50,67)(H,51,65)(H,52,69)(H,53,72)(H,54,68)(H,55,71)(H,56,66)(H,57,70)(H,73,74)/t24-,25+,32-,33-,34-,35-,36-,37-,39-,40-/m0/s1. The van der Waals surface area contributed by atoms with Crippen molar-refractivity contribution in [2.45, 2.75) is 101 Å². The zero-order chi connectivity index (χ0) is 55.2. The van der Waals surface area contributed by atoms with Gasteiger partial charge in [-0.05, 0) is 72.4 Å². The largest absolute Gasteiger partial charge is 0.508 e. The first kappa shape index (κ1) is 60.4. The van der Waals surface area contributed by atoms with Crippen LogP contribution in [-0.2, 0) is 62.4 Å². The first-order valence-electron chi connectivity index (χ1n) is 23.2. The number of amides is 8. The van der Waals surface area contributed by atoms with Gasteiger partial charge in [-0.2, -0.15) is 0 Å². The molecule has 0 unspecified atom stereocenters. The fourth-order valence-electron chi connectivity index (χ4n) is 6.93. The highest BCUT2D eigenvalue weighted by atomic mass is 16.4. The van der Waals surface area contributed by atoms with Crippen LogP contribution in [0.5, 0.6) is 17.2 Å².